The van der Waals surface area contributed by atoms with Crippen molar-refractivity contribution in [1.82, 2.24) is 14.8 Å². The average Bonchev–Trinajstić information content (AvgIpc) is 2.83. The Kier molecular flexibility index (Phi) is 4.03. The number of aromatic nitrogens is 1. The zero-order chi connectivity index (χ0) is 15.7. The van der Waals surface area contributed by atoms with Gasteiger partial charge in [0.2, 0.25) is 0 Å². The molecule has 1 aliphatic heterocycles. The molecule has 4 nitrogen and oxygen atoms in total. The van der Waals surface area contributed by atoms with Crippen LogP contribution in [0.4, 0.5) is 0 Å². The Morgan fingerprint density at radius 2 is 1.95 bits per heavy atom. The van der Waals surface area contributed by atoms with Crippen molar-refractivity contribution in [3.63, 3.8) is 0 Å². The van der Waals surface area contributed by atoms with Gasteiger partial charge in [-0.25, -0.2) is 0 Å². The van der Waals surface area contributed by atoms with Crippen LogP contribution in [0.25, 0.3) is 5.69 Å². The minimum atomic E-state index is 0.143. The summed E-state index contributed by atoms with van der Waals surface area (Å²) in [5.41, 5.74) is 4.02. The first kappa shape index (κ1) is 14.9. The van der Waals surface area contributed by atoms with Crippen LogP contribution in [0, 0.1) is 13.8 Å². The number of hydrogen-bond donors (Lipinski definition) is 1. The summed E-state index contributed by atoms with van der Waals surface area (Å²) in [5, 5.41) is 3.33. The maximum absolute atomic E-state index is 12.9. The lowest BCUT2D eigenvalue weighted by Gasteiger charge is -2.34. The van der Waals surface area contributed by atoms with Crippen LogP contribution in [-0.4, -0.2) is 41.1 Å². The minimum Gasteiger partial charge on any atom is -0.333 e. The molecule has 1 saturated heterocycles. The maximum Gasteiger partial charge on any atom is 0.256 e. The van der Waals surface area contributed by atoms with E-state index < -0.39 is 0 Å². The number of aryl methyl sites for hydroxylation is 1. The van der Waals surface area contributed by atoms with Crippen molar-refractivity contribution in [3.8, 4) is 5.69 Å². The molecule has 1 amide bonds. The fourth-order valence-corrected chi connectivity index (χ4v) is 3.25. The van der Waals surface area contributed by atoms with E-state index in [1.165, 1.54) is 0 Å². The number of carbonyl (C=O) groups excluding carboxylic acids is 1. The number of hydrogen-bond acceptors (Lipinski definition) is 2. The molecule has 1 fully saturated rings. The van der Waals surface area contributed by atoms with Crippen LogP contribution in [0.15, 0.2) is 36.4 Å². The van der Waals surface area contributed by atoms with E-state index in [9.17, 15) is 4.79 Å². The summed E-state index contributed by atoms with van der Waals surface area (Å²) in [5.74, 6) is 0.143. The number of piperazine rings is 1. The van der Waals surface area contributed by atoms with Crippen LogP contribution in [-0.2, 0) is 0 Å². The first-order valence-corrected chi connectivity index (χ1v) is 7.85. The van der Waals surface area contributed by atoms with E-state index in [0.29, 0.717) is 0 Å². The quantitative estimate of drug-likeness (QED) is 0.925. The Bertz CT molecular complexity index is 675. The molecule has 1 aliphatic rings. The van der Waals surface area contributed by atoms with Gasteiger partial charge in [0.25, 0.3) is 5.91 Å². The van der Waals surface area contributed by atoms with Gasteiger partial charge in [-0.05, 0) is 39.0 Å². The third-order valence-corrected chi connectivity index (χ3v) is 4.44. The fraction of sp³-hybridized carbons (Fsp3) is 0.389. The lowest BCUT2D eigenvalue weighted by molar-refractivity contribution is 0.0655. The van der Waals surface area contributed by atoms with Crippen LogP contribution < -0.4 is 5.32 Å². The summed E-state index contributed by atoms with van der Waals surface area (Å²) in [6.07, 6.45) is 0. The van der Waals surface area contributed by atoms with Gasteiger partial charge in [-0.3, -0.25) is 4.79 Å². The third kappa shape index (κ3) is 2.55. The molecule has 0 bridgehead atoms. The van der Waals surface area contributed by atoms with Gasteiger partial charge in [-0.15, -0.1) is 0 Å². The summed E-state index contributed by atoms with van der Waals surface area (Å²) >= 11 is 0. The van der Waals surface area contributed by atoms with Crippen molar-refractivity contribution in [3.05, 3.63) is 53.3 Å². The van der Waals surface area contributed by atoms with E-state index in [1.54, 1.807) is 0 Å². The van der Waals surface area contributed by atoms with Crippen molar-refractivity contribution in [2.75, 3.05) is 19.6 Å². The van der Waals surface area contributed by atoms with Gasteiger partial charge in [0.05, 0.1) is 5.56 Å². The van der Waals surface area contributed by atoms with Crippen LogP contribution in [0.3, 0.4) is 0 Å². The first-order chi connectivity index (χ1) is 10.6. The Labute approximate surface area is 131 Å². The van der Waals surface area contributed by atoms with Crippen LogP contribution in [0.5, 0.6) is 0 Å². The Morgan fingerprint density at radius 3 is 2.64 bits per heavy atom. The van der Waals surface area contributed by atoms with Gasteiger partial charge in [0, 0.05) is 42.8 Å². The predicted octanol–water partition coefficient (Wildman–Crippen LogP) is 2.53. The number of nitrogens with zero attached hydrogens (tertiary/aromatic N) is 2. The second-order valence-corrected chi connectivity index (χ2v) is 6.01. The summed E-state index contributed by atoms with van der Waals surface area (Å²) < 4.78 is 2.15. The van der Waals surface area contributed by atoms with Gasteiger partial charge < -0.3 is 14.8 Å². The summed E-state index contributed by atoms with van der Waals surface area (Å²) in [4.78, 5) is 14.9. The topological polar surface area (TPSA) is 37.3 Å². The summed E-state index contributed by atoms with van der Waals surface area (Å²) in [7, 11) is 0. The lowest BCUT2D eigenvalue weighted by Crippen LogP contribution is -2.52. The molecule has 0 saturated carbocycles. The van der Waals surface area contributed by atoms with Crippen LogP contribution in [0.1, 0.15) is 28.7 Å². The molecule has 0 radical (unpaired) electrons. The Balaban J connectivity index is 1.97. The molecule has 4 heteroatoms. The second-order valence-electron chi connectivity index (χ2n) is 6.01. The van der Waals surface area contributed by atoms with E-state index in [0.717, 1.165) is 42.3 Å². The monoisotopic (exact) mass is 297 g/mol. The van der Waals surface area contributed by atoms with Gasteiger partial charge in [0.1, 0.15) is 0 Å². The SMILES string of the molecule is Cc1cc(C(=O)N2CCNC[C@@H]2C)c(C)n1-c1ccccc1. The highest BCUT2D eigenvalue weighted by Gasteiger charge is 2.27. The smallest absolute Gasteiger partial charge is 0.256 e. The highest BCUT2D eigenvalue weighted by atomic mass is 16.2. The minimum absolute atomic E-state index is 0.143. The molecule has 2 heterocycles. The van der Waals surface area contributed by atoms with E-state index >= 15 is 0 Å². The lowest BCUT2D eigenvalue weighted by atomic mass is 10.1. The number of para-hydroxylation sites is 1. The zero-order valence-corrected chi connectivity index (χ0v) is 13.5. The second kappa shape index (κ2) is 5.97. The molecule has 1 N–H and O–H groups in total. The van der Waals surface area contributed by atoms with Gasteiger partial charge >= 0.3 is 0 Å². The molecule has 0 unspecified atom stereocenters. The highest BCUT2D eigenvalue weighted by Crippen LogP contribution is 2.22. The molecule has 3 rings (SSSR count). The number of amides is 1. The number of rotatable bonds is 2. The van der Waals surface area contributed by atoms with Gasteiger partial charge in [-0.2, -0.15) is 0 Å². The molecule has 116 valence electrons. The highest BCUT2D eigenvalue weighted by molar-refractivity contribution is 5.96. The van der Waals surface area contributed by atoms with Crippen molar-refractivity contribution in [2.24, 2.45) is 0 Å². The Hall–Kier alpha value is -2.07. The molecule has 0 aliphatic carbocycles. The summed E-state index contributed by atoms with van der Waals surface area (Å²) in [6.45, 7) is 8.68. The zero-order valence-electron chi connectivity index (χ0n) is 13.5. The van der Waals surface area contributed by atoms with Crippen molar-refractivity contribution < 1.29 is 4.79 Å². The number of benzene rings is 1. The first-order valence-electron chi connectivity index (χ1n) is 7.85. The van der Waals surface area contributed by atoms with E-state index in [1.807, 2.05) is 36.1 Å². The fourth-order valence-electron chi connectivity index (χ4n) is 3.25. The largest absolute Gasteiger partial charge is 0.333 e. The van der Waals surface area contributed by atoms with E-state index in [2.05, 4.69) is 35.9 Å². The molecule has 0 spiro atoms. The molecule has 1 aromatic carbocycles. The molecule has 1 aromatic heterocycles. The van der Waals surface area contributed by atoms with Gasteiger partial charge in [0.15, 0.2) is 0 Å². The molecule has 2 aromatic rings. The van der Waals surface area contributed by atoms with Crippen molar-refractivity contribution >= 4 is 5.91 Å². The van der Waals surface area contributed by atoms with Crippen molar-refractivity contribution in [1.29, 1.82) is 0 Å². The Morgan fingerprint density at radius 1 is 1.23 bits per heavy atom. The predicted molar refractivity (Wildman–Crippen MR) is 88.6 cm³/mol. The summed E-state index contributed by atoms with van der Waals surface area (Å²) in [6, 6.07) is 12.4. The molecule has 1 atom stereocenters. The number of nitrogens with one attached hydrogen (secondary N) is 1. The van der Waals surface area contributed by atoms with E-state index in [-0.39, 0.29) is 11.9 Å². The standard InChI is InChI=1S/C18H23N3O/c1-13-11-17(18(22)20-10-9-19-12-14(20)2)15(3)21(13)16-7-5-4-6-8-16/h4-8,11,14,19H,9-10,12H2,1-3H3/t14-/m0/s1. The van der Waals surface area contributed by atoms with Crippen LogP contribution >= 0.6 is 0 Å². The molecular weight excluding hydrogens is 274 g/mol. The maximum atomic E-state index is 12.9. The molecule has 22 heavy (non-hydrogen) atoms. The normalized spacial score (nSPS) is 18.5. The van der Waals surface area contributed by atoms with Crippen molar-refractivity contribution in [2.45, 2.75) is 26.8 Å². The van der Waals surface area contributed by atoms with Crippen LogP contribution in [0.2, 0.25) is 0 Å². The van der Waals surface area contributed by atoms with Gasteiger partial charge in [-0.1, -0.05) is 18.2 Å². The number of carbonyl (C=O) groups is 1. The average molecular weight is 297 g/mol. The third-order valence-electron chi connectivity index (χ3n) is 4.44. The molecular formula is C18H23N3O. The van der Waals surface area contributed by atoms with E-state index in [4.69, 9.17) is 0 Å².